The fourth-order valence-corrected chi connectivity index (χ4v) is 2.73. The number of aromatic amines is 1. The van der Waals surface area contributed by atoms with Gasteiger partial charge in [0.2, 0.25) is 4.73 Å². The fraction of sp³-hybridized carbons (Fsp3) is 0.818. The first kappa shape index (κ1) is 13.0. The monoisotopic (exact) mass is 302 g/mol. The molecule has 1 fully saturated rings. The number of halogens is 1. The van der Waals surface area contributed by atoms with Gasteiger partial charge in [0.15, 0.2) is 0 Å². The van der Waals surface area contributed by atoms with Gasteiger partial charge in [0, 0.05) is 12.0 Å². The molecule has 1 aliphatic rings. The van der Waals surface area contributed by atoms with E-state index in [0.717, 1.165) is 31.6 Å². The van der Waals surface area contributed by atoms with Crippen molar-refractivity contribution >= 4 is 15.9 Å². The molecule has 2 atom stereocenters. The van der Waals surface area contributed by atoms with E-state index in [0.29, 0.717) is 16.7 Å². The molecule has 1 aliphatic heterocycles. The Morgan fingerprint density at radius 2 is 2.29 bits per heavy atom. The summed E-state index contributed by atoms with van der Waals surface area (Å²) in [7, 11) is 0. The van der Waals surface area contributed by atoms with Crippen molar-refractivity contribution in [1.29, 1.82) is 0 Å². The number of nitrogens with zero attached hydrogens (tertiary/aromatic N) is 2. The summed E-state index contributed by atoms with van der Waals surface area (Å²) >= 11 is 3.25. The molecule has 2 unspecified atom stereocenters. The Morgan fingerprint density at radius 3 is 2.88 bits per heavy atom. The lowest BCUT2D eigenvalue weighted by Crippen LogP contribution is -2.42. The molecule has 0 spiro atoms. The number of H-pyrrole nitrogens is 1. The van der Waals surface area contributed by atoms with Crippen molar-refractivity contribution in [2.75, 3.05) is 6.54 Å². The lowest BCUT2D eigenvalue weighted by molar-refractivity contribution is 0.0541. The molecule has 1 aromatic heterocycles. The lowest BCUT2D eigenvalue weighted by Gasteiger charge is -2.32. The molecule has 3 N–H and O–H groups in total. The molecule has 96 valence electrons. The molecule has 2 heterocycles. The molecule has 1 aromatic rings. The van der Waals surface area contributed by atoms with Crippen LogP contribution in [0.2, 0.25) is 0 Å². The number of rotatable bonds is 3. The highest BCUT2D eigenvalue weighted by atomic mass is 79.9. The van der Waals surface area contributed by atoms with Gasteiger partial charge in [-0.2, -0.15) is 0 Å². The summed E-state index contributed by atoms with van der Waals surface area (Å²) in [6, 6.07) is 0.345. The summed E-state index contributed by atoms with van der Waals surface area (Å²) in [6.45, 7) is 4.66. The first-order chi connectivity index (χ1) is 7.94. The molecular weight excluding hydrogens is 284 g/mol. The molecule has 5 nitrogen and oxygen atoms in total. The zero-order chi connectivity index (χ0) is 12.5. The fourth-order valence-electron chi connectivity index (χ4n) is 2.45. The minimum absolute atomic E-state index is 0.345. The zero-order valence-corrected chi connectivity index (χ0v) is 11.8. The third-order valence-electron chi connectivity index (χ3n) is 3.10. The van der Waals surface area contributed by atoms with E-state index < -0.39 is 5.60 Å². The van der Waals surface area contributed by atoms with Crippen LogP contribution in [-0.2, 0) is 0 Å². The molecule has 1 saturated heterocycles. The first-order valence-corrected chi connectivity index (χ1v) is 6.77. The molecule has 0 amide bonds. The van der Waals surface area contributed by atoms with Crippen molar-refractivity contribution in [3.05, 3.63) is 10.6 Å². The van der Waals surface area contributed by atoms with E-state index >= 15 is 0 Å². The van der Waals surface area contributed by atoms with Gasteiger partial charge in [-0.1, -0.05) is 0 Å². The molecule has 17 heavy (non-hydrogen) atoms. The maximum atomic E-state index is 9.85. The van der Waals surface area contributed by atoms with Crippen molar-refractivity contribution < 1.29 is 5.11 Å². The third-order valence-corrected chi connectivity index (χ3v) is 3.46. The summed E-state index contributed by atoms with van der Waals surface area (Å²) in [4.78, 5) is 4.32. The molecular formula is C11H19BrN4O. The molecule has 0 aliphatic carbocycles. The molecule has 0 saturated carbocycles. The standard InChI is InChI=1S/C11H19BrN4O/c1-11(2,17)6-8-5-7(3-4-13-8)9-14-10(12)16-15-9/h7-8,13,17H,3-6H2,1-2H3,(H,14,15,16). The number of aromatic nitrogens is 3. The largest absolute Gasteiger partial charge is 0.390 e. The van der Waals surface area contributed by atoms with Gasteiger partial charge >= 0.3 is 0 Å². The molecule has 0 aromatic carbocycles. The van der Waals surface area contributed by atoms with Crippen molar-refractivity contribution in [1.82, 2.24) is 20.5 Å². The topological polar surface area (TPSA) is 73.8 Å². The Kier molecular flexibility index (Phi) is 3.85. The van der Waals surface area contributed by atoms with Crippen molar-refractivity contribution in [3.8, 4) is 0 Å². The third kappa shape index (κ3) is 3.76. The van der Waals surface area contributed by atoms with Crippen LogP contribution >= 0.6 is 15.9 Å². The van der Waals surface area contributed by atoms with Crippen LogP contribution in [0.4, 0.5) is 0 Å². The average Bonchev–Trinajstić information content (AvgIpc) is 2.63. The van der Waals surface area contributed by atoms with E-state index in [9.17, 15) is 5.11 Å². The number of piperidine rings is 1. The Labute approximate surface area is 110 Å². The number of aliphatic hydroxyl groups is 1. The minimum atomic E-state index is -0.623. The second kappa shape index (κ2) is 5.04. The smallest absolute Gasteiger partial charge is 0.217 e. The van der Waals surface area contributed by atoms with Crippen molar-refractivity contribution in [2.24, 2.45) is 0 Å². The van der Waals surface area contributed by atoms with Crippen LogP contribution in [0.3, 0.4) is 0 Å². The molecule has 0 bridgehead atoms. The van der Waals surface area contributed by atoms with E-state index in [1.165, 1.54) is 0 Å². The van der Waals surface area contributed by atoms with E-state index in [1.807, 2.05) is 13.8 Å². The number of hydrogen-bond donors (Lipinski definition) is 3. The Hall–Kier alpha value is -0.460. The van der Waals surface area contributed by atoms with E-state index in [1.54, 1.807) is 0 Å². The van der Waals surface area contributed by atoms with Crippen LogP contribution in [0.1, 0.15) is 44.9 Å². The average molecular weight is 303 g/mol. The summed E-state index contributed by atoms with van der Waals surface area (Å²) in [5.41, 5.74) is -0.623. The molecule has 6 heteroatoms. The Bertz CT molecular complexity index is 374. The van der Waals surface area contributed by atoms with E-state index in [2.05, 4.69) is 36.4 Å². The maximum absolute atomic E-state index is 9.85. The van der Waals surface area contributed by atoms with Crippen LogP contribution in [0, 0.1) is 0 Å². The van der Waals surface area contributed by atoms with Gasteiger partial charge in [-0.3, -0.25) is 5.10 Å². The van der Waals surface area contributed by atoms with Crippen LogP contribution in [0.15, 0.2) is 4.73 Å². The van der Waals surface area contributed by atoms with Crippen molar-refractivity contribution in [3.63, 3.8) is 0 Å². The number of hydrogen-bond acceptors (Lipinski definition) is 4. The van der Waals surface area contributed by atoms with Crippen molar-refractivity contribution in [2.45, 2.75) is 50.7 Å². The Morgan fingerprint density at radius 1 is 1.53 bits per heavy atom. The first-order valence-electron chi connectivity index (χ1n) is 5.97. The van der Waals surface area contributed by atoms with Crippen LogP contribution < -0.4 is 5.32 Å². The normalized spacial score (nSPS) is 26.1. The summed E-state index contributed by atoms with van der Waals surface area (Å²) in [5.74, 6) is 1.35. The van der Waals surface area contributed by atoms with E-state index in [-0.39, 0.29) is 0 Å². The predicted molar refractivity (Wildman–Crippen MR) is 68.8 cm³/mol. The van der Waals surface area contributed by atoms with E-state index in [4.69, 9.17) is 0 Å². The second-order valence-electron chi connectivity index (χ2n) is 5.38. The predicted octanol–water partition coefficient (Wildman–Crippen LogP) is 1.56. The highest BCUT2D eigenvalue weighted by Gasteiger charge is 2.28. The van der Waals surface area contributed by atoms with Gasteiger partial charge in [0.1, 0.15) is 5.82 Å². The van der Waals surface area contributed by atoms with Crippen LogP contribution in [-0.4, -0.2) is 38.5 Å². The van der Waals surface area contributed by atoms with Gasteiger partial charge in [0.05, 0.1) is 5.60 Å². The Balaban J connectivity index is 1.97. The van der Waals surface area contributed by atoms with Gasteiger partial charge in [-0.15, -0.1) is 5.10 Å². The van der Waals surface area contributed by atoms with Gasteiger partial charge < -0.3 is 10.4 Å². The summed E-state index contributed by atoms with van der Waals surface area (Å²) in [5, 5.41) is 20.3. The van der Waals surface area contributed by atoms with Crippen LogP contribution in [0.5, 0.6) is 0 Å². The molecule has 0 radical (unpaired) electrons. The number of nitrogens with one attached hydrogen (secondary N) is 2. The highest BCUT2D eigenvalue weighted by Crippen LogP contribution is 2.28. The maximum Gasteiger partial charge on any atom is 0.217 e. The van der Waals surface area contributed by atoms with Crippen LogP contribution in [0.25, 0.3) is 0 Å². The van der Waals surface area contributed by atoms with Gasteiger partial charge in [-0.05, 0) is 55.6 Å². The molecule has 2 rings (SSSR count). The SMILES string of the molecule is CC(C)(O)CC1CC(c2nc(Br)n[nH]2)CCN1. The van der Waals surface area contributed by atoms with Gasteiger partial charge in [0.25, 0.3) is 0 Å². The summed E-state index contributed by atoms with van der Waals surface area (Å²) in [6.07, 6.45) is 2.81. The van der Waals surface area contributed by atoms with Gasteiger partial charge in [-0.25, -0.2) is 4.98 Å². The highest BCUT2D eigenvalue weighted by molar-refractivity contribution is 9.10. The second-order valence-corrected chi connectivity index (χ2v) is 6.09. The zero-order valence-electron chi connectivity index (χ0n) is 10.2. The quantitative estimate of drug-likeness (QED) is 0.792. The summed E-state index contributed by atoms with van der Waals surface area (Å²) < 4.78 is 0.616. The minimum Gasteiger partial charge on any atom is -0.390 e. The lowest BCUT2D eigenvalue weighted by atomic mass is 9.86.